The van der Waals surface area contributed by atoms with Crippen LogP contribution in [0.2, 0.25) is 0 Å². The molecule has 1 N–H and O–H groups in total. The number of ether oxygens (including phenoxy) is 3. The molecule has 0 saturated carbocycles. The largest absolute Gasteiger partial charge is 0.497 e. The van der Waals surface area contributed by atoms with Crippen molar-refractivity contribution in [1.82, 2.24) is 10.1 Å². The van der Waals surface area contributed by atoms with Gasteiger partial charge in [0.25, 0.3) is 0 Å². The van der Waals surface area contributed by atoms with Gasteiger partial charge in [-0.2, -0.15) is 4.98 Å². The number of amides is 1. The Labute approximate surface area is 187 Å². The van der Waals surface area contributed by atoms with E-state index >= 15 is 0 Å². The Morgan fingerprint density at radius 3 is 2.56 bits per heavy atom. The number of methoxy groups -OCH3 is 1. The predicted molar refractivity (Wildman–Crippen MR) is 121 cm³/mol. The van der Waals surface area contributed by atoms with Gasteiger partial charge in [-0.3, -0.25) is 4.79 Å². The third kappa shape index (κ3) is 6.47. The zero-order chi connectivity index (χ0) is 22.8. The molecule has 1 heterocycles. The number of rotatable bonds is 12. The van der Waals surface area contributed by atoms with Crippen LogP contribution in [0.25, 0.3) is 11.4 Å². The summed E-state index contributed by atoms with van der Waals surface area (Å²) in [6, 6.07) is 12.8. The molecule has 170 valence electrons. The van der Waals surface area contributed by atoms with E-state index in [1.807, 2.05) is 31.2 Å². The molecule has 3 aromatic rings. The third-order valence-corrected chi connectivity index (χ3v) is 4.67. The predicted octanol–water partition coefficient (Wildman–Crippen LogP) is 4.89. The standard InChI is InChI=1S/C24H29N3O5/c1-4-6-15-31-21-12-11-19(29-3)16-20(21)25-22(28)13-14-23-26-24(27-32-23)17-7-9-18(10-8-17)30-5-2/h7-12,16H,4-6,13-15H2,1-3H3,(H,25,28). The molecule has 32 heavy (non-hydrogen) atoms. The van der Waals surface area contributed by atoms with Crippen molar-refractivity contribution in [2.45, 2.75) is 39.5 Å². The van der Waals surface area contributed by atoms with E-state index in [-0.39, 0.29) is 12.3 Å². The van der Waals surface area contributed by atoms with E-state index in [0.717, 1.165) is 24.2 Å². The lowest BCUT2D eigenvalue weighted by atomic mass is 10.2. The van der Waals surface area contributed by atoms with Gasteiger partial charge in [0.1, 0.15) is 17.2 Å². The van der Waals surface area contributed by atoms with Crippen LogP contribution in [0, 0.1) is 0 Å². The summed E-state index contributed by atoms with van der Waals surface area (Å²) in [7, 11) is 1.58. The molecule has 0 bridgehead atoms. The SMILES string of the molecule is CCCCOc1ccc(OC)cc1NC(=O)CCc1nc(-c2ccc(OCC)cc2)no1. The second kappa shape index (κ2) is 11.7. The Balaban J connectivity index is 1.58. The number of nitrogens with zero attached hydrogens (tertiary/aromatic N) is 2. The average Bonchev–Trinajstić information content (AvgIpc) is 3.28. The Bertz CT molecular complexity index is 1000. The van der Waals surface area contributed by atoms with Gasteiger partial charge in [0.05, 0.1) is 26.0 Å². The number of benzene rings is 2. The second-order valence-corrected chi connectivity index (χ2v) is 7.08. The van der Waals surface area contributed by atoms with Crippen molar-refractivity contribution in [3.8, 4) is 28.6 Å². The monoisotopic (exact) mass is 439 g/mol. The lowest BCUT2D eigenvalue weighted by molar-refractivity contribution is -0.116. The molecule has 8 nitrogen and oxygen atoms in total. The Hall–Kier alpha value is -3.55. The number of aryl methyl sites for hydroxylation is 1. The Morgan fingerprint density at radius 2 is 1.84 bits per heavy atom. The van der Waals surface area contributed by atoms with E-state index in [4.69, 9.17) is 18.7 Å². The highest BCUT2D eigenvalue weighted by atomic mass is 16.5. The van der Waals surface area contributed by atoms with Crippen molar-refractivity contribution in [3.63, 3.8) is 0 Å². The lowest BCUT2D eigenvalue weighted by Gasteiger charge is -2.13. The lowest BCUT2D eigenvalue weighted by Crippen LogP contribution is -2.14. The van der Waals surface area contributed by atoms with Crippen LogP contribution in [0.1, 0.15) is 39.0 Å². The molecular weight excluding hydrogens is 410 g/mol. The number of nitrogens with one attached hydrogen (secondary N) is 1. The van der Waals surface area contributed by atoms with Crippen molar-refractivity contribution in [3.05, 3.63) is 48.4 Å². The third-order valence-electron chi connectivity index (χ3n) is 4.67. The molecule has 1 aromatic heterocycles. The van der Waals surface area contributed by atoms with Crippen LogP contribution < -0.4 is 19.5 Å². The van der Waals surface area contributed by atoms with Gasteiger partial charge >= 0.3 is 0 Å². The van der Waals surface area contributed by atoms with Crippen LogP contribution in [-0.2, 0) is 11.2 Å². The van der Waals surface area contributed by atoms with Gasteiger partial charge in [-0.05, 0) is 49.7 Å². The number of hydrogen-bond donors (Lipinski definition) is 1. The van der Waals surface area contributed by atoms with E-state index in [2.05, 4.69) is 22.4 Å². The number of anilines is 1. The molecule has 0 aliphatic carbocycles. The van der Waals surface area contributed by atoms with Crippen LogP contribution in [0.5, 0.6) is 17.2 Å². The zero-order valence-electron chi connectivity index (χ0n) is 18.7. The van der Waals surface area contributed by atoms with Crippen molar-refractivity contribution < 1.29 is 23.5 Å². The molecule has 8 heteroatoms. The summed E-state index contributed by atoms with van der Waals surface area (Å²) in [5, 5.41) is 6.90. The molecule has 2 aromatic carbocycles. The van der Waals surface area contributed by atoms with E-state index in [9.17, 15) is 4.79 Å². The Morgan fingerprint density at radius 1 is 1.06 bits per heavy atom. The fourth-order valence-corrected chi connectivity index (χ4v) is 2.96. The van der Waals surface area contributed by atoms with Gasteiger partial charge in [-0.25, -0.2) is 0 Å². The number of carbonyl (C=O) groups excluding carboxylic acids is 1. The molecule has 0 aliphatic heterocycles. The van der Waals surface area contributed by atoms with Crippen LogP contribution in [0.3, 0.4) is 0 Å². The maximum Gasteiger partial charge on any atom is 0.227 e. The minimum absolute atomic E-state index is 0.181. The quantitative estimate of drug-likeness (QED) is 0.401. The second-order valence-electron chi connectivity index (χ2n) is 7.08. The number of carbonyl (C=O) groups is 1. The first-order chi connectivity index (χ1) is 15.6. The first-order valence-electron chi connectivity index (χ1n) is 10.8. The molecule has 0 radical (unpaired) electrons. The van der Waals surface area contributed by atoms with Crippen molar-refractivity contribution in [1.29, 1.82) is 0 Å². The van der Waals surface area contributed by atoms with Crippen molar-refractivity contribution >= 4 is 11.6 Å². The van der Waals surface area contributed by atoms with Crippen LogP contribution in [0.4, 0.5) is 5.69 Å². The van der Waals surface area contributed by atoms with Gasteiger partial charge in [-0.1, -0.05) is 18.5 Å². The van der Waals surface area contributed by atoms with Crippen molar-refractivity contribution in [2.75, 3.05) is 25.6 Å². The first-order valence-corrected chi connectivity index (χ1v) is 10.8. The van der Waals surface area contributed by atoms with Crippen LogP contribution in [-0.4, -0.2) is 36.4 Å². The number of hydrogen-bond acceptors (Lipinski definition) is 7. The maximum atomic E-state index is 12.5. The molecule has 0 fully saturated rings. The molecule has 1 amide bonds. The fourth-order valence-electron chi connectivity index (χ4n) is 2.96. The molecule has 3 rings (SSSR count). The summed E-state index contributed by atoms with van der Waals surface area (Å²) in [6.07, 6.45) is 2.48. The zero-order valence-corrected chi connectivity index (χ0v) is 18.7. The van der Waals surface area contributed by atoms with Crippen LogP contribution >= 0.6 is 0 Å². The van der Waals surface area contributed by atoms with E-state index in [1.54, 1.807) is 25.3 Å². The first kappa shape index (κ1) is 23.1. The van der Waals surface area contributed by atoms with Gasteiger partial charge in [0, 0.05) is 24.5 Å². The van der Waals surface area contributed by atoms with Gasteiger partial charge in [-0.15, -0.1) is 0 Å². The molecule has 0 aliphatic rings. The highest BCUT2D eigenvalue weighted by Crippen LogP contribution is 2.29. The average molecular weight is 440 g/mol. The van der Waals surface area contributed by atoms with Gasteiger partial charge < -0.3 is 24.1 Å². The normalized spacial score (nSPS) is 10.6. The number of unbranched alkanes of at least 4 members (excludes halogenated alkanes) is 1. The smallest absolute Gasteiger partial charge is 0.227 e. The summed E-state index contributed by atoms with van der Waals surface area (Å²) in [5.74, 6) is 2.73. The van der Waals surface area contributed by atoms with E-state index < -0.39 is 0 Å². The summed E-state index contributed by atoms with van der Waals surface area (Å²) < 4.78 is 21.8. The molecule has 0 spiro atoms. The highest BCUT2D eigenvalue weighted by molar-refractivity contribution is 5.92. The van der Waals surface area contributed by atoms with E-state index in [0.29, 0.717) is 48.5 Å². The molecular formula is C24H29N3O5. The fraction of sp³-hybridized carbons (Fsp3) is 0.375. The minimum atomic E-state index is -0.181. The summed E-state index contributed by atoms with van der Waals surface area (Å²) >= 11 is 0. The van der Waals surface area contributed by atoms with Gasteiger partial charge in [0.15, 0.2) is 0 Å². The summed E-state index contributed by atoms with van der Waals surface area (Å²) in [6.45, 7) is 5.22. The summed E-state index contributed by atoms with van der Waals surface area (Å²) in [5.41, 5.74) is 1.39. The van der Waals surface area contributed by atoms with Gasteiger partial charge in [0.2, 0.25) is 17.6 Å². The highest BCUT2D eigenvalue weighted by Gasteiger charge is 2.13. The number of aromatic nitrogens is 2. The maximum absolute atomic E-state index is 12.5. The Kier molecular flexibility index (Phi) is 8.48. The minimum Gasteiger partial charge on any atom is -0.497 e. The van der Waals surface area contributed by atoms with Crippen LogP contribution in [0.15, 0.2) is 47.0 Å². The van der Waals surface area contributed by atoms with E-state index in [1.165, 1.54) is 0 Å². The van der Waals surface area contributed by atoms with Crippen molar-refractivity contribution in [2.24, 2.45) is 0 Å². The summed E-state index contributed by atoms with van der Waals surface area (Å²) in [4.78, 5) is 16.9. The topological polar surface area (TPSA) is 95.7 Å². The molecule has 0 saturated heterocycles. The molecule has 0 unspecified atom stereocenters. The molecule has 0 atom stereocenters.